The number of piperidine rings is 1. The van der Waals surface area contributed by atoms with Crippen LogP contribution < -0.4 is 0 Å². The molecule has 0 radical (unpaired) electrons. The Labute approximate surface area is 194 Å². The van der Waals surface area contributed by atoms with E-state index in [4.69, 9.17) is 9.97 Å². The Hall–Kier alpha value is -3.45. The first-order valence-electron chi connectivity index (χ1n) is 11.5. The molecule has 0 bridgehead atoms. The lowest BCUT2D eigenvalue weighted by Crippen LogP contribution is -2.44. The van der Waals surface area contributed by atoms with Gasteiger partial charge in [-0.05, 0) is 51.6 Å². The Bertz CT molecular complexity index is 1260. The number of hydrogen-bond acceptors (Lipinski definition) is 4. The maximum Gasteiger partial charge on any atom is 0.274 e. The third-order valence-electron chi connectivity index (χ3n) is 6.63. The summed E-state index contributed by atoms with van der Waals surface area (Å²) in [6, 6.07) is 16.7. The van der Waals surface area contributed by atoms with Crippen LogP contribution in [0.4, 0.5) is 0 Å². The van der Waals surface area contributed by atoms with Crippen LogP contribution in [0, 0.1) is 6.92 Å². The smallest absolute Gasteiger partial charge is 0.274 e. The number of hydrogen-bond donors (Lipinski definition) is 0. The molecule has 7 nitrogen and oxygen atoms in total. The zero-order chi connectivity index (χ0) is 22.9. The van der Waals surface area contributed by atoms with Gasteiger partial charge in [0.1, 0.15) is 11.5 Å². The predicted molar refractivity (Wildman–Crippen MR) is 129 cm³/mol. The van der Waals surface area contributed by atoms with Gasteiger partial charge in [-0.3, -0.25) is 9.20 Å². The van der Waals surface area contributed by atoms with Gasteiger partial charge in [-0.25, -0.2) is 9.97 Å². The molecular formula is C26H30N6O. The van der Waals surface area contributed by atoms with Gasteiger partial charge in [0.15, 0.2) is 11.5 Å². The predicted octanol–water partition coefficient (Wildman–Crippen LogP) is 3.72. The second-order valence-electron chi connectivity index (χ2n) is 9.01. The van der Waals surface area contributed by atoms with Crippen molar-refractivity contribution in [2.24, 2.45) is 0 Å². The van der Waals surface area contributed by atoms with Crippen LogP contribution in [0.5, 0.6) is 0 Å². The average molecular weight is 443 g/mol. The quantitative estimate of drug-likeness (QED) is 0.473. The van der Waals surface area contributed by atoms with Gasteiger partial charge < -0.3 is 14.4 Å². The van der Waals surface area contributed by atoms with Gasteiger partial charge in [-0.2, -0.15) is 0 Å². The first kappa shape index (κ1) is 21.4. The zero-order valence-electron chi connectivity index (χ0n) is 19.5. The molecule has 5 rings (SSSR count). The molecule has 4 aromatic rings. The molecule has 33 heavy (non-hydrogen) atoms. The molecule has 1 amide bonds. The van der Waals surface area contributed by atoms with Crippen molar-refractivity contribution in [2.45, 2.75) is 32.4 Å². The minimum absolute atomic E-state index is 0.00240. The van der Waals surface area contributed by atoms with E-state index in [0.29, 0.717) is 17.6 Å². The van der Waals surface area contributed by atoms with Gasteiger partial charge in [0.05, 0.1) is 5.52 Å². The summed E-state index contributed by atoms with van der Waals surface area (Å²) < 4.78 is 4.11. The molecule has 0 atom stereocenters. The molecule has 0 saturated carbocycles. The maximum atomic E-state index is 13.5. The van der Waals surface area contributed by atoms with E-state index in [1.165, 1.54) is 5.56 Å². The van der Waals surface area contributed by atoms with Gasteiger partial charge in [0.2, 0.25) is 0 Å². The maximum absolute atomic E-state index is 13.5. The number of carbonyl (C=O) groups excluding carboxylic acids is 1. The van der Waals surface area contributed by atoms with Crippen molar-refractivity contribution in [1.82, 2.24) is 28.7 Å². The lowest BCUT2D eigenvalue weighted by atomic mass is 10.0. The largest absolute Gasteiger partial charge is 0.337 e. The van der Waals surface area contributed by atoms with Crippen LogP contribution in [0.3, 0.4) is 0 Å². The molecule has 0 N–H and O–H groups in total. The van der Waals surface area contributed by atoms with Crippen molar-refractivity contribution < 1.29 is 4.79 Å². The van der Waals surface area contributed by atoms with E-state index >= 15 is 0 Å². The molecule has 170 valence electrons. The number of aromatic nitrogens is 4. The average Bonchev–Trinajstić information content (AvgIpc) is 3.40. The second kappa shape index (κ2) is 8.83. The summed E-state index contributed by atoms with van der Waals surface area (Å²) in [6.07, 6.45) is 5.96. The van der Waals surface area contributed by atoms with Crippen molar-refractivity contribution in [3.8, 4) is 11.5 Å². The third kappa shape index (κ3) is 4.16. The Morgan fingerprint density at radius 2 is 1.76 bits per heavy atom. The summed E-state index contributed by atoms with van der Waals surface area (Å²) >= 11 is 0. The molecular weight excluding hydrogens is 412 g/mol. The molecule has 7 heteroatoms. The Morgan fingerprint density at radius 1 is 1.03 bits per heavy atom. The first-order valence-corrected chi connectivity index (χ1v) is 11.5. The summed E-state index contributed by atoms with van der Waals surface area (Å²) in [7, 11) is 4.21. The first-order chi connectivity index (χ1) is 16.0. The fourth-order valence-electron chi connectivity index (χ4n) is 4.67. The molecule has 1 fully saturated rings. The number of carbonyl (C=O) groups is 1. The Balaban J connectivity index is 1.46. The van der Waals surface area contributed by atoms with Gasteiger partial charge in [-0.1, -0.05) is 36.4 Å². The minimum atomic E-state index is 0.00240. The highest BCUT2D eigenvalue weighted by molar-refractivity contribution is 6.00. The molecule has 0 spiro atoms. The summed E-state index contributed by atoms with van der Waals surface area (Å²) in [6.45, 7) is 4.26. The van der Waals surface area contributed by atoms with Gasteiger partial charge in [0.25, 0.3) is 5.91 Å². The molecule has 0 aliphatic carbocycles. The van der Waals surface area contributed by atoms with Crippen molar-refractivity contribution in [1.29, 1.82) is 0 Å². The van der Waals surface area contributed by atoms with E-state index in [1.807, 2.05) is 65.0 Å². The standard InChI is InChI=1S/C26H30N6O/c1-19-27-22(18-31(19)17-20-9-5-4-6-10-20)25-28-24(23-11-7-8-14-32(23)25)26(33)30-15-12-21(13-16-30)29(2)3/h4-11,14,18,21H,12-13,15-17H2,1-3H3. The van der Waals surface area contributed by atoms with Crippen LogP contribution in [0.25, 0.3) is 17.0 Å². The normalized spacial score (nSPS) is 15.0. The van der Waals surface area contributed by atoms with E-state index in [9.17, 15) is 4.79 Å². The number of fused-ring (bicyclic) bond motifs is 1. The minimum Gasteiger partial charge on any atom is -0.337 e. The number of imidazole rings is 2. The number of aryl methyl sites for hydroxylation is 1. The van der Waals surface area contributed by atoms with Crippen LogP contribution in [0.15, 0.2) is 60.9 Å². The number of nitrogens with zero attached hydrogens (tertiary/aromatic N) is 6. The topological polar surface area (TPSA) is 58.7 Å². The molecule has 4 heterocycles. The van der Waals surface area contributed by atoms with Crippen LogP contribution in [0.2, 0.25) is 0 Å². The van der Waals surface area contributed by atoms with Crippen molar-refractivity contribution in [3.05, 3.63) is 78.0 Å². The fourth-order valence-corrected chi connectivity index (χ4v) is 4.67. The monoisotopic (exact) mass is 442 g/mol. The number of pyridine rings is 1. The van der Waals surface area contributed by atoms with Gasteiger partial charge in [-0.15, -0.1) is 0 Å². The van der Waals surface area contributed by atoms with E-state index in [0.717, 1.165) is 49.5 Å². The summed E-state index contributed by atoms with van der Waals surface area (Å²) in [4.78, 5) is 27.3. The number of benzene rings is 1. The van der Waals surface area contributed by atoms with Crippen molar-refractivity contribution in [3.63, 3.8) is 0 Å². The molecule has 1 aromatic carbocycles. The van der Waals surface area contributed by atoms with Crippen LogP contribution in [0.1, 0.15) is 34.7 Å². The highest BCUT2D eigenvalue weighted by Crippen LogP contribution is 2.25. The van der Waals surface area contributed by atoms with Crippen molar-refractivity contribution in [2.75, 3.05) is 27.2 Å². The zero-order valence-corrected chi connectivity index (χ0v) is 19.5. The van der Waals surface area contributed by atoms with Crippen LogP contribution in [-0.2, 0) is 6.54 Å². The summed E-state index contributed by atoms with van der Waals surface area (Å²) in [5, 5.41) is 0. The molecule has 1 aliphatic heterocycles. The molecule has 1 aliphatic rings. The second-order valence-corrected chi connectivity index (χ2v) is 9.01. The molecule has 0 unspecified atom stereocenters. The summed E-state index contributed by atoms with van der Waals surface area (Å²) in [5.74, 6) is 1.62. The Morgan fingerprint density at radius 3 is 2.48 bits per heavy atom. The molecule has 3 aromatic heterocycles. The van der Waals surface area contributed by atoms with Gasteiger partial charge >= 0.3 is 0 Å². The Kier molecular flexibility index (Phi) is 5.72. The van der Waals surface area contributed by atoms with E-state index < -0.39 is 0 Å². The lowest BCUT2D eigenvalue weighted by molar-refractivity contribution is 0.0660. The lowest BCUT2D eigenvalue weighted by Gasteiger charge is -2.34. The van der Waals surface area contributed by atoms with E-state index in [1.54, 1.807) is 0 Å². The molecule has 1 saturated heterocycles. The fraction of sp³-hybridized carbons (Fsp3) is 0.346. The van der Waals surface area contributed by atoms with Crippen molar-refractivity contribution >= 4 is 11.4 Å². The number of likely N-dealkylation sites (tertiary alicyclic amines) is 1. The number of amides is 1. The highest BCUT2D eigenvalue weighted by atomic mass is 16.2. The number of rotatable bonds is 5. The highest BCUT2D eigenvalue weighted by Gasteiger charge is 2.28. The van der Waals surface area contributed by atoms with E-state index in [-0.39, 0.29) is 5.91 Å². The third-order valence-corrected chi connectivity index (χ3v) is 6.63. The SMILES string of the molecule is Cc1nc(-c2nc(C(=O)N3CCC(N(C)C)CC3)c3ccccn23)cn1Cc1ccccc1. The van der Waals surface area contributed by atoms with Gasteiger partial charge in [0, 0.05) is 38.1 Å². The van der Waals surface area contributed by atoms with Crippen LogP contribution >= 0.6 is 0 Å². The van der Waals surface area contributed by atoms with Crippen LogP contribution in [-0.4, -0.2) is 67.9 Å². The van der Waals surface area contributed by atoms with E-state index in [2.05, 4.69) is 35.7 Å². The summed E-state index contributed by atoms with van der Waals surface area (Å²) in [5.41, 5.74) is 3.32.